The van der Waals surface area contributed by atoms with E-state index >= 15 is 0 Å². The SMILES string of the molecule is Brc1cccc2c1[nH]c1ccc(-c3cccc4c3oc3ccccc34)cc12. The molecule has 0 saturated heterocycles. The number of halogens is 1. The minimum Gasteiger partial charge on any atom is -0.455 e. The Balaban J connectivity index is 1.68. The lowest BCUT2D eigenvalue weighted by Gasteiger charge is -2.03. The summed E-state index contributed by atoms with van der Waals surface area (Å²) in [5.74, 6) is 0. The van der Waals surface area contributed by atoms with Gasteiger partial charge >= 0.3 is 0 Å². The molecule has 2 nitrogen and oxygen atoms in total. The molecule has 27 heavy (non-hydrogen) atoms. The molecular formula is C24H14BrNO. The summed E-state index contributed by atoms with van der Waals surface area (Å²) in [7, 11) is 0. The number of fused-ring (bicyclic) bond motifs is 6. The van der Waals surface area contributed by atoms with Crippen LogP contribution in [0.25, 0.3) is 54.9 Å². The Bertz CT molecular complexity index is 1490. The van der Waals surface area contributed by atoms with Crippen LogP contribution in [0.2, 0.25) is 0 Å². The van der Waals surface area contributed by atoms with Crippen molar-refractivity contribution in [2.45, 2.75) is 0 Å². The molecule has 6 aromatic rings. The molecule has 0 amide bonds. The van der Waals surface area contributed by atoms with E-state index in [0.717, 1.165) is 48.6 Å². The zero-order valence-electron chi connectivity index (χ0n) is 14.3. The molecule has 0 bridgehead atoms. The van der Waals surface area contributed by atoms with Gasteiger partial charge < -0.3 is 9.40 Å². The second-order valence-electron chi connectivity index (χ2n) is 6.83. The molecule has 0 aliphatic rings. The molecule has 128 valence electrons. The molecule has 2 aromatic heterocycles. The monoisotopic (exact) mass is 411 g/mol. The van der Waals surface area contributed by atoms with E-state index in [-0.39, 0.29) is 0 Å². The van der Waals surface area contributed by atoms with Crippen LogP contribution in [0, 0.1) is 0 Å². The number of rotatable bonds is 1. The zero-order valence-corrected chi connectivity index (χ0v) is 15.9. The second kappa shape index (κ2) is 5.48. The predicted molar refractivity (Wildman–Crippen MR) is 116 cm³/mol. The minimum absolute atomic E-state index is 0.928. The van der Waals surface area contributed by atoms with Crippen LogP contribution >= 0.6 is 15.9 Å². The highest BCUT2D eigenvalue weighted by Crippen LogP contribution is 2.38. The topological polar surface area (TPSA) is 28.9 Å². The maximum absolute atomic E-state index is 6.22. The third kappa shape index (κ3) is 2.12. The van der Waals surface area contributed by atoms with Crippen LogP contribution in [0.4, 0.5) is 0 Å². The minimum atomic E-state index is 0.928. The van der Waals surface area contributed by atoms with Gasteiger partial charge in [0.05, 0.1) is 5.52 Å². The Morgan fingerprint density at radius 2 is 1.52 bits per heavy atom. The standard InChI is InChI=1S/C24H14BrNO/c25-20-9-4-7-17-19-13-14(11-12-21(19)26-23(17)20)15-6-3-8-18-16-5-1-2-10-22(16)27-24(15)18/h1-13,26H. The van der Waals surface area contributed by atoms with E-state index in [1.54, 1.807) is 0 Å². The number of hydrogen-bond acceptors (Lipinski definition) is 1. The first-order valence-corrected chi connectivity index (χ1v) is 9.69. The Labute approximate surface area is 163 Å². The van der Waals surface area contributed by atoms with Crippen molar-refractivity contribution in [2.75, 3.05) is 0 Å². The number of hydrogen-bond donors (Lipinski definition) is 1. The highest BCUT2D eigenvalue weighted by Gasteiger charge is 2.13. The molecule has 0 spiro atoms. The van der Waals surface area contributed by atoms with Crippen molar-refractivity contribution >= 4 is 59.7 Å². The fourth-order valence-electron chi connectivity index (χ4n) is 4.03. The number of aromatic amines is 1. The summed E-state index contributed by atoms with van der Waals surface area (Å²) < 4.78 is 7.30. The Kier molecular flexibility index (Phi) is 3.06. The van der Waals surface area contributed by atoms with Gasteiger partial charge in [-0.3, -0.25) is 0 Å². The summed E-state index contributed by atoms with van der Waals surface area (Å²) in [6, 6.07) is 27.4. The molecule has 0 unspecified atom stereocenters. The van der Waals surface area contributed by atoms with E-state index in [2.05, 4.69) is 87.6 Å². The van der Waals surface area contributed by atoms with Crippen LogP contribution in [0.1, 0.15) is 0 Å². The van der Waals surface area contributed by atoms with Gasteiger partial charge in [-0.1, -0.05) is 54.6 Å². The van der Waals surface area contributed by atoms with Gasteiger partial charge in [-0.15, -0.1) is 0 Å². The Morgan fingerprint density at radius 1 is 0.704 bits per heavy atom. The van der Waals surface area contributed by atoms with Gasteiger partial charge in [0.1, 0.15) is 11.2 Å². The fraction of sp³-hybridized carbons (Fsp3) is 0. The fourth-order valence-corrected chi connectivity index (χ4v) is 4.49. The lowest BCUT2D eigenvalue weighted by atomic mass is 10.0. The van der Waals surface area contributed by atoms with Crippen LogP contribution in [0.15, 0.2) is 87.8 Å². The smallest absolute Gasteiger partial charge is 0.143 e. The van der Waals surface area contributed by atoms with Crippen molar-refractivity contribution in [1.82, 2.24) is 4.98 Å². The molecule has 0 aliphatic heterocycles. The maximum Gasteiger partial charge on any atom is 0.143 e. The molecular weight excluding hydrogens is 398 g/mol. The third-order valence-electron chi connectivity index (χ3n) is 5.30. The first-order valence-electron chi connectivity index (χ1n) is 8.90. The molecule has 0 radical (unpaired) electrons. The summed E-state index contributed by atoms with van der Waals surface area (Å²) in [4.78, 5) is 3.51. The number of H-pyrrole nitrogens is 1. The average Bonchev–Trinajstić information content (AvgIpc) is 3.27. The van der Waals surface area contributed by atoms with E-state index in [1.165, 1.54) is 10.8 Å². The largest absolute Gasteiger partial charge is 0.455 e. The van der Waals surface area contributed by atoms with E-state index < -0.39 is 0 Å². The molecule has 1 N–H and O–H groups in total. The molecule has 0 aliphatic carbocycles. The average molecular weight is 412 g/mol. The summed E-state index contributed by atoms with van der Waals surface area (Å²) in [5.41, 5.74) is 6.42. The van der Waals surface area contributed by atoms with Gasteiger partial charge in [-0.25, -0.2) is 0 Å². The molecule has 3 heteroatoms. The molecule has 0 saturated carbocycles. The van der Waals surface area contributed by atoms with Gasteiger partial charge in [-0.05, 0) is 45.8 Å². The van der Waals surface area contributed by atoms with Crippen LogP contribution in [0.5, 0.6) is 0 Å². The lowest BCUT2D eigenvalue weighted by molar-refractivity contribution is 0.670. The van der Waals surface area contributed by atoms with Crippen LogP contribution in [0.3, 0.4) is 0 Å². The highest BCUT2D eigenvalue weighted by atomic mass is 79.9. The van der Waals surface area contributed by atoms with Crippen LogP contribution < -0.4 is 0 Å². The Morgan fingerprint density at radius 3 is 2.48 bits per heavy atom. The van der Waals surface area contributed by atoms with Crippen LogP contribution in [-0.2, 0) is 0 Å². The highest BCUT2D eigenvalue weighted by molar-refractivity contribution is 9.10. The van der Waals surface area contributed by atoms with Gasteiger partial charge in [0, 0.05) is 37.1 Å². The summed E-state index contributed by atoms with van der Waals surface area (Å²) >= 11 is 3.64. The molecule has 0 atom stereocenters. The normalized spacial score (nSPS) is 11.9. The quantitative estimate of drug-likeness (QED) is 0.295. The van der Waals surface area contributed by atoms with Crippen LogP contribution in [-0.4, -0.2) is 4.98 Å². The molecule has 6 rings (SSSR count). The van der Waals surface area contributed by atoms with Gasteiger partial charge in [0.25, 0.3) is 0 Å². The van der Waals surface area contributed by atoms with E-state index in [9.17, 15) is 0 Å². The lowest BCUT2D eigenvalue weighted by Crippen LogP contribution is -1.79. The molecule has 4 aromatic carbocycles. The summed E-state index contributed by atoms with van der Waals surface area (Å²) in [5, 5.41) is 4.76. The van der Waals surface area contributed by atoms with Crippen molar-refractivity contribution in [1.29, 1.82) is 0 Å². The van der Waals surface area contributed by atoms with E-state index in [4.69, 9.17) is 4.42 Å². The maximum atomic E-state index is 6.22. The third-order valence-corrected chi connectivity index (χ3v) is 5.96. The van der Waals surface area contributed by atoms with Crippen molar-refractivity contribution in [2.24, 2.45) is 0 Å². The van der Waals surface area contributed by atoms with Crippen molar-refractivity contribution in [3.8, 4) is 11.1 Å². The van der Waals surface area contributed by atoms with Gasteiger partial charge in [0.15, 0.2) is 0 Å². The van der Waals surface area contributed by atoms with Gasteiger partial charge in [-0.2, -0.15) is 0 Å². The number of nitrogens with one attached hydrogen (secondary N) is 1. The first kappa shape index (κ1) is 15.1. The number of benzene rings is 4. The number of aromatic nitrogens is 1. The molecule has 0 fully saturated rings. The number of furan rings is 1. The van der Waals surface area contributed by atoms with Gasteiger partial charge in [0.2, 0.25) is 0 Å². The predicted octanol–water partition coefficient (Wildman–Crippen LogP) is 7.65. The van der Waals surface area contributed by atoms with E-state index in [1.807, 2.05) is 12.1 Å². The van der Waals surface area contributed by atoms with E-state index in [0.29, 0.717) is 0 Å². The first-order chi connectivity index (χ1) is 13.3. The molecule has 2 heterocycles. The summed E-state index contributed by atoms with van der Waals surface area (Å²) in [6.07, 6.45) is 0. The zero-order chi connectivity index (χ0) is 18.0. The second-order valence-corrected chi connectivity index (χ2v) is 7.68. The Hall–Kier alpha value is -3.04. The summed E-state index contributed by atoms with van der Waals surface area (Å²) in [6.45, 7) is 0. The van der Waals surface area contributed by atoms with Crippen molar-refractivity contribution in [3.05, 3.63) is 83.3 Å². The number of para-hydroxylation sites is 3. The van der Waals surface area contributed by atoms with Crippen molar-refractivity contribution < 1.29 is 4.42 Å². The van der Waals surface area contributed by atoms with Crippen molar-refractivity contribution in [3.63, 3.8) is 0 Å².